The lowest BCUT2D eigenvalue weighted by Crippen LogP contribution is -2.34. The van der Waals surface area contributed by atoms with E-state index in [1.54, 1.807) is 26.0 Å². The van der Waals surface area contributed by atoms with E-state index in [2.05, 4.69) is 15.4 Å². The number of anilines is 1. The van der Waals surface area contributed by atoms with Gasteiger partial charge in [-0.1, -0.05) is 30.3 Å². The summed E-state index contributed by atoms with van der Waals surface area (Å²) in [6, 6.07) is 15.6. The summed E-state index contributed by atoms with van der Waals surface area (Å²) in [7, 11) is -3.59. The smallest absolute Gasteiger partial charge is 0.306 e. The zero-order chi connectivity index (χ0) is 24.3. The molecule has 0 aliphatic heterocycles. The van der Waals surface area contributed by atoms with Gasteiger partial charge in [-0.25, -0.2) is 13.1 Å². The van der Waals surface area contributed by atoms with Crippen LogP contribution in [-0.4, -0.2) is 38.1 Å². The van der Waals surface area contributed by atoms with E-state index >= 15 is 0 Å². The number of esters is 1. The van der Waals surface area contributed by atoms with Crippen LogP contribution in [0.3, 0.4) is 0 Å². The van der Waals surface area contributed by atoms with Crippen LogP contribution in [0.25, 0.3) is 0 Å². The van der Waals surface area contributed by atoms with Gasteiger partial charge in [0, 0.05) is 18.2 Å². The number of amides is 1. The summed E-state index contributed by atoms with van der Waals surface area (Å²) in [5.74, 6) is -0.863. The molecule has 0 saturated carbocycles. The lowest BCUT2D eigenvalue weighted by atomic mass is 10.1. The molecule has 0 aliphatic rings. The average Bonchev–Trinajstić information content (AvgIpc) is 2.75. The van der Waals surface area contributed by atoms with Crippen LogP contribution in [0.2, 0.25) is 0 Å². The van der Waals surface area contributed by atoms with Crippen molar-refractivity contribution in [1.82, 2.24) is 10.0 Å². The first-order valence-electron chi connectivity index (χ1n) is 10.6. The molecule has 0 spiro atoms. The van der Waals surface area contributed by atoms with Gasteiger partial charge in [0.1, 0.15) is 0 Å². The largest absolute Gasteiger partial charge is 0.466 e. The lowest BCUT2D eigenvalue weighted by Gasteiger charge is -2.12. The van der Waals surface area contributed by atoms with Crippen LogP contribution >= 0.6 is 12.2 Å². The summed E-state index contributed by atoms with van der Waals surface area (Å²) in [4.78, 5) is 24.0. The number of carbonyl (C=O) groups excluding carboxylic acids is 2. The van der Waals surface area contributed by atoms with Crippen LogP contribution in [0.5, 0.6) is 0 Å². The summed E-state index contributed by atoms with van der Waals surface area (Å²) in [5, 5.41) is 5.34. The van der Waals surface area contributed by atoms with Crippen molar-refractivity contribution >= 4 is 44.9 Å². The van der Waals surface area contributed by atoms with Crippen LogP contribution in [-0.2, 0) is 30.8 Å². The fourth-order valence-electron chi connectivity index (χ4n) is 2.84. The van der Waals surface area contributed by atoms with Gasteiger partial charge in [-0.05, 0) is 68.7 Å². The normalized spacial score (nSPS) is 11.1. The Labute approximate surface area is 200 Å². The number of hydrogen-bond donors (Lipinski definition) is 3. The van der Waals surface area contributed by atoms with Crippen molar-refractivity contribution in [3.05, 3.63) is 60.2 Å². The Bertz CT molecular complexity index is 1040. The van der Waals surface area contributed by atoms with Crippen molar-refractivity contribution in [2.45, 2.75) is 50.5 Å². The Balaban J connectivity index is 1.67. The van der Waals surface area contributed by atoms with E-state index in [-0.39, 0.29) is 28.9 Å². The molecule has 0 bridgehead atoms. The standard InChI is InChI=1S/C23H29N3O5S2/c1-17(2)26-33(29,30)20-12-10-19(11-13-20)24-23(32)25-21(27)14-15-22(28)31-16-6-9-18-7-4-3-5-8-18/h3-5,7-8,10-13,17,26H,6,9,14-16H2,1-2H3,(H2,24,25,27,32). The molecule has 0 fully saturated rings. The third kappa shape index (κ3) is 10.1. The zero-order valence-electron chi connectivity index (χ0n) is 18.7. The highest BCUT2D eigenvalue weighted by molar-refractivity contribution is 7.89. The van der Waals surface area contributed by atoms with E-state index in [1.165, 1.54) is 17.7 Å². The molecule has 0 atom stereocenters. The molecule has 0 aromatic heterocycles. The van der Waals surface area contributed by atoms with Gasteiger partial charge in [0.15, 0.2) is 5.11 Å². The summed E-state index contributed by atoms with van der Waals surface area (Å²) in [6.45, 7) is 3.77. The molecule has 0 saturated heterocycles. The Kier molecular flexibility index (Phi) is 10.4. The van der Waals surface area contributed by atoms with E-state index < -0.39 is 21.9 Å². The van der Waals surface area contributed by atoms with Crippen LogP contribution in [0.15, 0.2) is 59.5 Å². The minimum Gasteiger partial charge on any atom is -0.466 e. The van der Waals surface area contributed by atoms with Gasteiger partial charge >= 0.3 is 5.97 Å². The van der Waals surface area contributed by atoms with Crippen molar-refractivity contribution < 1.29 is 22.7 Å². The minimum absolute atomic E-state index is 0.0464. The number of nitrogens with one attached hydrogen (secondary N) is 3. The van der Waals surface area contributed by atoms with Crippen molar-refractivity contribution in [3.8, 4) is 0 Å². The number of sulfonamides is 1. The average molecular weight is 492 g/mol. The third-order valence-electron chi connectivity index (χ3n) is 4.34. The van der Waals surface area contributed by atoms with Crippen molar-refractivity contribution in [3.63, 3.8) is 0 Å². The predicted octanol–water partition coefficient (Wildman–Crippen LogP) is 3.14. The Hall–Kier alpha value is -2.82. The highest BCUT2D eigenvalue weighted by Gasteiger charge is 2.15. The minimum atomic E-state index is -3.59. The first-order chi connectivity index (χ1) is 15.7. The quantitative estimate of drug-likeness (QED) is 0.251. The number of carbonyl (C=O) groups is 2. The molecule has 1 amide bonds. The van der Waals surface area contributed by atoms with Crippen LogP contribution in [0.1, 0.15) is 38.7 Å². The zero-order valence-corrected chi connectivity index (χ0v) is 20.3. The van der Waals surface area contributed by atoms with Gasteiger partial charge in [-0.2, -0.15) is 0 Å². The van der Waals surface area contributed by atoms with E-state index in [1.807, 2.05) is 30.3 Å². The first kappa shape index (κ1) is 26.4. The van der Waals surface area contributed by atoms with Crippen LogP contribution < -0.4 is 15.4 Å². The lowest BCUT2D eigenvalue weighted by molar-refractivity contribution is -0.145. The van der Waals surface area contributed by atoms with E-state index in [9.17, 15) is 18.0 Å². The van der Waals surface area contributed by atoms with Crippen LogP contribution in [0.4, 0.5) is 5.69 Å². The molecule has 2 rings (SSSR count). The number of thiocarbonyl (C=S) groups is 1. The van der Waals surface area contributed by atoms with Gasteiger partial charge in [0.05, 0.1) is 17.9 Å². The molecule has 2 aromatic rings. The number of hydrogen-bond acceptors (Lipinski definition) is 6. The number of ether oxygens (including phenoxy) is 1. The highest BCUT2D eigenvalue weighted by atomic mass is 32.2. The highest BCUT2D eigenvalue weighted by Crippen LogP contribution is 2.14. The molecule has 178 valence electrons. The van der Waals surface area contributed by atoms with Gasteiger partial charge in [-0.3, -0.25) is 9.59 Å². The second kappa shape index (κ2) is 13.0. The molecule has 10 heteroatoms. The molecule has 33 heavy (non-hydrogen) atoms. The Morgan fingerprint density at radius 2 is 1.67 bits per heavy atom. The second-order valence-corrected chi connectivity index (χ2v) is 9.73. The van der Waals surface area contributed by atoms with E-state index in [4.69, 9.17) is 17.0 Å². The molecule has 0 heterocycles. The Morgan fingerprint density at radius 3 is 2.30 bits per heavy atom. The molecule has 0 radical (unpaired) electrons. The van der Waals surface area contributed by atoms with E-state index in [0.717, 1.165) is 6.42 Å². The SMILES string of the molecule is CC(C)NS(=O)(=O)c1ccc(NC(=S)NC(=O)CCC(=O)OCCCc2ccccc2)cc1. The van der Waals surface area contributed by atoms with Crippen LogP contribution in [0, 0.1) is 0 Å². The molecular weight excluding hydrogens is 462 g/mol. The molecule has 2 aromatic carbocycles. The number of benzene rings is 2. The van der Waals surface area contributed by atoms with Crippen molar-refractivity contribution in [2.24, 2.45) is 0 Å². The predicted molar refractivity (Wildman–Crippen MR) is 131 cm³/mol. The number of rotatable bonds is 11. The third-order valence-corrected chi connectivity index (χ3v) is 6.22. The van der Waals surface area contributed by atoms with Gasteiger partial charge in [0.2, 0.25) is 15.9 Å². The molecule has 0 aliphatic carbocycles. The maximum absolute atomic E-state index is 12.1. The first-order valence-corrected chi connectivity index (χ1v) is 12.5. The summed E-state index contributed by atoms with van der Waals surface area (Å²) >= 11 is 5.10. The summed E-state index contributed by atoms with van der Waals surface area (Å²) in [6.07, 6.45) is 1.42. The monoisotopic (exact) mass is 491 g/mol. The maximum Gasteiger partial charge on any atom is 0.306 e. The molecule has 3 N–H and O–H groups in total. The fraction of sp³-hybridized carbons (Fsp3) is 0.348. The molecule has 8 nitrogen and oxygen atoms in total. The van der Waals surface area contributed by atoms with Gasteiger partial charge < -0.3 is 15.4 Å². The molecular formula is C23H29N3O5S2. The van der Waals surface area contributed by atoms with E-state index in [0.29, 0.717) is 18.7 Å². The molecule has 0 unspecified atom stereocenters. The fourth-order valence-corrected chi connectivity index (χ4v) is 4.32. The van der Waals surface area contributed by atoms with Gasteiger partial charge in [0.25, 0.3) is 0 Å². The van der Waals surface area contributed by atoms with Gasteiger partial charge in [-0.15, -0.1) is 0 Å². The van der Waals surface area contributed by atoms with Crippen molar-refractivity contribution in [2.75, 3.05) is 11.9 Å². The second-order valence-electron chi connectivity index (χ2n) is 7.61. The summed E-state index contributed by atoms with van der Waals surface area (Å²) < 4.78 is 31.9. The van der Waals surface area contributed by atoms with Crippen molar-refractivity contribution in [1.29, 1.82) is 0 Å². The topological polar surface area (TPSA) is 114 Å². The number of aryl methyl sites for hydroxylation is 1. The Morgan fingerprint density at radius 1 is 1.00 bits per heavy atom. The summed E-state index contributed by atoms with van der Waals surface area (Å²) in [5.41, 5.74) is 1.69. The maximum atomic E-state index is 12.1.